The number of rotatable bonds is 7. The van der Waals surface area contributed by atoms with Gasteiger partial charge in [-0.1, -0.05) is 6.07 Å². The Hall–Kier alpha value is -4.00. The minimum atomic E-state index is -1.27. The number of carboxylic acid groups (broad SMARTS) is 1. The van der Waals surface area contributed by atoms with Crippen molar-refractivity contribution in [1.82, 2.24) is 9.99 Å². The van der Waals surface area contributed by atoms with E-state index in [9.17, 15) is 34.4 Å². The molecule has 0 saturated heterocycles. The van der Waals surface area contributed by atoms with Crippen molar-refractivity contribution in [1.29, 1.82) is 0 Å². The Labute approximate surface area is 158 Å². The highest BCUT2D eigenvalue weighted by Gasteiger charge is 2.21. The van der Waals surface area contributed by atoms with E-state index in [1.807, 2.05) is 0 Å². The van der Waals surface area contributed by atoms with Crippen LogP contribution in [0.5, 0.6) is 0 Å². The summed E-state index contributed by atoms with van der Waals surface area (Å²) in [5, 5.41) is 24.9. The number of anilines is 2. The summed E-state index contributed by atoms with van der Waals surface area (Å²) in [7, 11) is 0. The van der Waals surface area contributed by atoms with E-state index in [-0.39, 0.29) is 28.5 Å². The Morgan fingerprint density at radius 2 is 1.93 bits per heavy atom. The summed E-state index contributed by atoms with van der Waals surface area (Å²) in [6, 6.07) is 5.99. The number of nitro groups is 1. The molecule has 0 atom stereocenters. The number of amides is 2. The fourth-order valence-electron chi connectivity index (χ4n) is 2.15. The highest BCUT2D eigenvalue weighted by atomic mass is 32.1. The molecule has 1 aromatic carbocycles. The zero-order valence-corrected chi connectivity index (χ0v) is 14.6. The minimum Gasteiger partial charge on any atom is -0.478 e. The quantitative estimate of drug-likeness (QED) is 0.255. The van der Waals surface area contributed by atoms with Gasteiger partial charge in [-0.05, 0) is 12.1 Å². The number of carboxylic acids is 1. The van der Waals surface area contributed by atoms with Crippen LogP contribution < -0.4 is 27.2 Å². The summed E-state index contributed by atoms with van der Waals surface area (Å²) in [6.07, 6.45) is 0. The van der Waals surface area contributed by atoms with Crippen LogP contribution in [0.2, 0.25) is 0 Å². The number of thiophene rings is 1. The topological polar surface area (TPSA) is 173 Å². The van der Waals surface area contributed by atoms with Crippen LogP contribution in [-0.2, 0) is 6.54 Å². The Bertz CT molecular complexity index is 1130. The number of nitro benzene ring substituents is 1. The average molecular weight is 405 g/mol. The van der Waals surface area contributed by atoms with Gasteiger partial charge in [0, 0.05) is 22.7 Å². The molecular formula is C15H11N5O7S. The summed E-state index contributed by atoms with van der Waals surface area (Å²) in [6.45, 7) is -0.0463. The highest BCUT2D eigenvalue weighted by molar-refractivity contribution is 7.16. The van der Waals surface area contributed by atoms with Crippen molar-refractivity contribution in [2.24, 2.45) is 0 Å². The predicted molar refractivity (Wildman–Crippen MR) is 98.6 cm³/mol. The molecule has 28 heavy (non-hydrogen) atoms. The van der Waals surface area contributed by atoms with Gasteiger partial charge in [0.2, 0.25) is 0 Å². The number of nitrogens with one attached hydrogen (secondary N) is 3. The second-order valence-corrected chi connectivity index (χ2v) is 6.57. The molecule has 2 aromatic heterocycles. The zero-order chi connectivity index (χ0) is 20.4. The van der Waals surface area contributed by atoms with E-state index in [2.05, 4.69) is 16.1 Å². The van der Waals surface area contributed by atoms with Crippen LogP contribution in [-0.4, -0.2) is 26.7 Å². The van der Waals surface area contributed by atoms with Gasteiger partial charge >= 0.3 is 23.1 Å². The molecule has 13 heteroatoms. The van der Waals surface area contributed by atoms with E-state index in [1.54, 1.807) is 0 Å². The number of hydrogen-bond donors (Lipinski definition) is 4. The number of benzene rings is 1. The van der Waals surface area contributed by atoms with Gasteiger partial charge in [-0.15, -0.1) is 11.3 Å². The van der Waals surface area contributed by atoms with Crippen molar-refractivity contribution in [2.45, 2.75) is 6.54 Å². The fraction of sp³-hybridized carbons (Fsp3) is 0.0667. The van der Waals surface area contributed by atoms with Gasteiger partial charge in [-0.2, -0.15) is 4.68 Å². The first-order valence-corrected chi connectivity index (χ1v) is 8.38. The summed E-state index contributed by atoms with van der Waals surface area (Å²) in [5.41, 5.74) is 0.726. The van der Waals surface area contributed by atoms with Crippen molar-refractivity contribution in [3.8, 4) is 0 Å². The maximum Gasteiger partial charge on any atom is 0.340 e. The molecule has 0 bridgehead atoms. The van der Waals surface area contributed by atoms with Crippen LogP contribution in [0.1, 0.15) is 15.2 Å². The normalized spacial score (nSPS) is 10.6. The second-order valence-electron chi connectivity index (χ2n) is 5.43. The predicted octanol–water partition coefficient (Wildman–Crippen LogP) is 0.949. The van der Waals surface area contributed by atoms with Gasteiger partial charge in [0.05, 0.1) is 17.0 Å². The molecule has 0 aliphatic carbocycles. The first-order chi connectivity index (χ1) is 13.3. The van der Waals surface area contributed by atoms with Crippen LogP contribution in [0.15, 0.2) is 39.9 Å². The third-order valence-corrected chi connectivity index (χ3v) is 4.54. The lowest BCUT2D eigenvalue weighted by Gasteiger charge is -2.06. The number of nitrogens with zero attached hydrogens (tertiary/aromatic N) is 2. The number of aromatic nitrogens is 1. The summed E-state index contributed by atoms with van der Waals surface area (Å²) in [4.78, 5) is 55.9. The number of hydrogen-bond acceptors (Lipinski definition) is 8. The van der Waals surface area contributed by atoms with Crippen LogP contribution in [0.25, 0.3) is 0 Å². The standard InChI is InChI=1S/C15H11N5O7S/c21-12-13(22)19(12)18-11-10(14(23)24)5-9(28-11)6-16-15(25)17-7-2-1-3-8(4-7)20(26)27/h1-5,18H,6H2,(H,23,24)(H2,16,17,25). The van der Waals surface area contributed by atoms with Gasteiger partial charge in [0.25, 0.3) is 5.69 Å². The van der Waals surface area contributed by atoms with Crippen molar-refractivity contribution in [2.75, 3.05) is 10.7 Å². The molecule has 0 aliphatic heterocycles. The number of carbonyl (C=O) groups is 2. The highest BCUT2D eigenvalue weighted by Crippen LogP contribution is 2.28. The maximum absolute atomic E-state index is 11.9. The molecule has 0 fully saturated rings. The lowest BCUT2D eigenvalue weighted by molar-refractivity contribution is -0.384. The van der Waals surface area contributed by atoms with Crippen molar-refractivity contribution < 1.29 is 19.6 Å². The largest absolute Gasteiger partial charge is 0.478 e. The smallest absolute Gasteiger partial charge is 0.340 e. The molecule has 0 radical (unpaired) electrons. The minimum absolute atomic E-state index is 0.0463. The first kappa shape index (κ1) is 18.8. The van der Waals surface area contributed by atoms with Gasteiger partial charge in [0.15, 0.2) is 0 Å². The second kappa shape index (κ2) is 7.32. The van der Waals surface area contributed by atoms with E-state index in [0.717, 1.165) is 11.3 Å². The van der Waals surface area contributed by atoms with E-state index in [0.29, 0.717) is 9.55 Å². The SMILES string of the molecule is O=C(NCc1cc(C(=O)O)c(Nn2c(=O)c2=O)s1)Nc1cccc([N+](=O)[O-])c1. The molecule has 0 saturated carbocycles. The number of carbonyl (C=O) groups excluding carboxylic acids is 1. The van der Waals surface area contributed by atoms with Crippen molar-refractivity contribution in [3.63, 3.8) is 0 Å². The Kier molecular flexibility index (Phi) is 4.91. The van der Waals surface area contributed by atoms with Gasteiger partial charge < -0.3 is 15.7 Å². The monoisotopic (exact) mass is 405 g/mol. The Morgan fingerprint density at radius 1 is 1.21 bits per heavy atom. The van der Waals surface area contributed by atoms with E-state index < -0.39 is 28.0 Å². The van der Waals surface area contributed by atoms with Crippen LogP contribution in [0.3, 0.4) is 0 Å². The molecule has 0 aliphatic rings. The summed E-state index contributed by atoms with van der Waals surface area (Å²) in [5.74, 6) is -1.27. The number of urea groups is 1. The molecule has 3 aromatic rings. The molecule has 2 heterocycles. The van der Waals surface area contributed by atoms with Gasteiger partial charge in [-0.25, -0.2) is 9.59 Å². The molecule has 0 spiro atoms. The third-order valence-electron chi connectivity index (χ3n) is 3.50. The molecule has 12 nitrogen and oxygen atoms in total. The van der Waals surface area contributed by atoms with Crippen LogP contribution in [0.4, 0.5) is 21.2 Å². The van der Waals surface area contributed by atoms with Crippen LogP contribution >= 0.6 is 11.3 Å². The van der Waals surface area contributed by atoms with Crippen molar-refractivity contribution in [3.05, 3.63) is 71.6 Å². The number of non-ortho nitro benzene ring substituents is 1. The zero-order valence-electron chi connectivity index (χ0n) is 13.8. The average Bonchev–Trinajstić information content (AvgIpc) is 3.04. The number of aromatic carboxylic acids is 1. The van der Waals surface area contributed by atoms with E-state index in [4.69, 9.17) is 0 Å². The lowest BCUT2D eigenvalue weighted by Crippen LogP contribution is -2.27. The van der Waals surface area contributed by atoms with E-state index in [1.165, 1.54) is 30.3 Å². The molecule has 4 N–H and O–H groups in total. The summed E-state index contributed by atoms with van der Waals surface area (Å²) >= 11 is 0.945. The molecule has 2 amide bonds. The van der Waals surface area contributed by atoms with Gasteiger partial charge in [-0.3, -0.25) is 25.1 Å². The lowest BCUT2D eigenvalue weighted by atomic mass is 10.3. The molecule has 3 rings (SSSR count). The third kappa shape index (κ3) is 4.04. The summed E-state index contributed by atoms with van der Waals surface area (Å²) < 4.78 is 0.671. The van der Waals surface area contributed by atoms with Crippen LogP contribution in [0, 0.1) is 10.1 Å². The fourth-order valence-corrected chi connectivity index (χ4v) is 3.13. The Balaban J connectivity index is 1.64. The molecule has 0 unspecified atom stereocenters. The molecular weight excluding hydrogens is 394 g/mol. The Morgan fingerprint density at radius 3 is 2.54 bits per heavy atom. The maximum atomic E-state index is 11.9. The van der Waals surface area contributed by atoms with E-state index >= 15 is 0 Å². The van der Waals surface area contributed by atoms with Gasteiger partial charge in [0.1, 0.15) is 5.00 Å². The van der Waals surface area contributed by atoms with Crippen molar-refractivity contribution >= 4 is 39.7 Å². The first-order valence-electron chi connectivity index (χ1n) is 7.56. The molecule has 144 valence electrons.